The Hall–Kier alpha value is -1.52. The van der Waals surface area contributed by atoms with Crippen LogP contribution < -0.4 is 5.32 Å². The topological polar surface area (TPSA) is 64.6 Å². The van der Waals surface area contributed by atoms with Gasteiger partial charge in [0.2, 0.25) is 0 Å². The highest BCUT2D eigenvalue weighted by Gasteiger charge is 2.14. The summed E-state index contributed by atoms with van der Waals surface area (Å²) < 4.78 is 8.79. The average Bonchev–Trinajstić information content (AvgIpc) is 2.14. The van der Waals surface area contributed by atoms with E-state index in [1.54, 1.807) is 0 Å². The Balaban J connectivity index is -0.000000233. The minimum Gasteiger partial charge on any atom is -0.471 e. The normalized spacial score (nSPS) is 8.61. The molecular formula is C13H27NO4. The molecule has 0 aromatic carbocycles. The van der Waals surface area contributed by atoms with Gasteiger partial charge in [-0.1, -0.05) is 5.57 Å². The Morgan fingerprint density at radius 3 is 1.83 bits per heavy atom. The molecule has 108 valence electrons. The summed E-state index contributed by atoms with van der Waals surface area (Å²) in [7, 11) is 1.31. The third kappa shape index (κ3) is 47.0. The lowest BCUT2D eigenvalue weighted by atomic mass is 10.2. The van der Waals surface area contributed by atoms with E-state index in [1.807, 2.05) is 41.5 Å². The van der Waals surface area contributed by atoms with Crippen LogP contribution in [-0.2, 0) is 14.3 Å². The molecule has 0 aliphatic heterocycles. The van der Waals surface area contributed by atoms with Gasteiger partial charge in [0.1, 0.15) is 5.60 Å². The number of carbonyl (C=O) groups excluding carboxylic acids is 2. The van der Waals surface area contributed by atoms with Gasteiger partial charge in [-0.05, 0) is 41.5 Å². The molecule has 0 radical (unpaired) electrons. The molecular weight excluding hydrogens is 234 g/mol. The van der Waals surface area contributed by atoms with Gasteiger partial charge in [0, 0.05) is 6.54 Å². The first kappa shape index (κ1) is 21.7. The summed E-state index contributed by atoms with van der Waals surface area (Å²) in [5.74, 6) is 0. The lowest BCUT2D eigenvalue weighted by Gasteiger charge is -2.19. The molecule has 0 aromatic rings. The summed E-state index contributed by atoms with van der Waals surface area (Å²) in [6, 6.07) is 0. The fourth-order valence-electron chi connectivity index (χ4n) is 0.459. The molecule has 0 bridgehead atoms. The molecule has 0 aromatic heterocycles. The maximum absolute atomic E-state index is 10.7. The summed E-state index contributed by atoms with van der Waals surface area (Å²) in [6.45, 7) is 15.8. The molecule has 18 heavy (non-hydrogen) atoms. The number of nitrogens with one attached hydrogen (secondary N) is 1. The first-order valence-corrected chi connectivity index (χ1v) is 5.66. The summed E-state index contributed by atoms with van der Waals surface area (Å²) in [4.78, 5) is 19.7. The second-order valence-electron chi connectivity index (χ2n) is 4.57. The first-order chi connectivity index (χ1) is 8.10. The molecule has 0 aliphatic carbocycles. The summed E-state index contributed by atoms with van der Waals surface area (Å²) >= 11 is 0. The smallest absolute Gasteiger partial charge is 0.407 e. The zero-order chi connectivity index (χ0) is 15.2. The van der Waals surface area contributed by atoms with E-state index in [4.69, 9.17) is 9.53 Å². The number of methoxy groups -OCH3 is 1. The third-order valence-corrected chi connectivity index (χ3v) is 0.816. The molecule has 0 atom stereocenters. The predicted molar refractivity (Wildman–Crippen MR) is 73.5 cm³/mol. The highest BCUT2D eigenvalue weighted by molar-refractivity contribution is 5.67. The molecule has 0 saturated carbocycles. The van der Waals surface area contributed by atoms with Crippen molar-refractivity contribution in [3.63, 3.8) is 0 Å². The Kier molecular flexibility index (Phi) is 16.4. The van der Waals surface area contributed by atoms with Gasteiger partial charge >= 0.3 is 6.09 Å². The number of amides is 1. The molecule has 1 N–H and O–H groups in total. The minimum atomic E-state index is -0.390. The standard InChI is InChI=1S/C7H15NO2.C4H8.C2H4O2/c1-5-8-6(9)10-7(2,3)4;1-4(2)3;1-4-2-3/h5H2,1-4H3,(H,8,9);1H2,2-3H3;2H,1H3. The highest BCUT2D eigenvalue weighted by Crippen LogP contribution is 2.05. The molecule has 0 rings (SSSR count). The number of allylic oxidation sites excluding steroid dienone is 1. The maximum Gasteiger partial charge on any atom is 0.407 e. The molecule has 0 aliphatic rings. The Labute approximate surface area is 111 Å². The van der Waals surface area contributed by atoms with E-state index in [9.17, 15) is 4.79 Å². The number of hydrogen-bond donors (Lipinski definition) is 1. The van der Waals surface area contributed by atoms with Crippen LogP contribution in [0.5, 0.6) is 0 Å². The zero-order valence-corrected chi connectivity index (χ0v) is 12.6. The number of carbonyl (C=O) groups is 2. The van der Waals surface area contributed by atoms with Crippen molar-refractivity contribution < 1.29 is 19.1 Å². The SMILES string of the molecule is C=C(C)C.CCNC(=O)OC(C)(C)C.COC=O. The highest BCUT2D eigenvalue weighted by atomic mass is 16.6. The van der Waals surface area contributed by atoms with Gasteiger partial charge in [-0.15, -0.1) is 6.58 Å². The van der Waals surface area contributed by atoms with Gasteiger partial charge in [0.15, 0.2) is 0 Å². The predicted octanol–water partition coefficient (Wildman–Crippen LogP) is 2.90. The van der Waals surface area contributed by atoms with Gasteiger partial charge in [0.25, 0.3) is 6.47 Å². The average molecular weight is 261 g/mol. The zero-order valence-electron chi connectivity index (χ0n) is 12.6. The van der Waals surface area contributed by atoms with Crippen LogP contribution in [0.3, 0.4) is 0 Å². The maximum atomic E-state index is 10.7. The van der Waals surface area contributed by atoms with Gasteiger partial charge in [-0.2, -0.15) is 0 Å². The largest absolute Gasteiger partial charge is 0.471 e. The number of hydrogen-bond acceptors (Lipinski definition) is 4. The quantitative estimate of drug-likeness (QED) is 0.613. The molecule has 0 unspecified atom stereocenters. The molecule has 0 spiro atoms. The van der Waals surface area contributed by atoms with Crippen LogP contribution in [0.4, 0.5) is 4.79 Å². The minimum absolute atomic E-state index is 0.352. The molecule has 1 amide bonds. The van der Waals surface area contributed by atoms with E-state index in [2.05, 4.69) is 16.6 Å². The second-order valence-corrected chi connectivity index (χ2v) is 4.57. The molecule has 0 heterocycles. The Morgan fingerprint density at radius 1 is 1.33 bits per heavy atom. The van der Waals surface area contributed by atoms with Crippen molar-refractivity contribution in [2.24, 2.45) is 0 Å². The van der Waals surface area contributed by atoms with Crippen molar-refractivity contribution in [2.75, 3.05) is 13.7 Å². The van der Waals surface area contributed by atoms with E-state index >= 15 is 0 Å². The fourth-order valence-corrected chi connectivity index (χ4v) is 0.459. The number of alkyl carbamates (subject to hydrolysis) is 1. The van der Waals surface area contributed by atoms with Crippen LogP contribution in [0, 0.1) is 0 Å². The van der Waals surface area contributed by atoms with Crippen molar-refractivity contribution >= 4 is 12.6 Å². The van der Waals surface area contributed by atoms with E-state index in [-0.39, 0.29) is 11.7 Å². The van der Waals surface area contributed by atoms with Gasteiger partial charge in [-0.3, -0.25) is 4.79 Å². The number of rotatable bonds is 2. The summed E-state index contributed by atoms with van der Waals surface area (Å²) in [5.41, 5.74) is 0.777. The third-order valence-electron chi connectivity index (χ3n) is 0.816. The fraction of sp³-hybridized carbons (Fsp3) is 0.692. The van der Waals surface area contributed by atoms with Crippen LogP contribution in [0.2, 0.25) is 0 Å². The van der Waals surface area contributed by atoms with Crippen LogP contribution >= 0.6 is 0 Å². The second kappa shape index (κ2) is 13.5. The van der Waals surface area contributed by atoms with Crippen LogP contribution in [0.1, 0.15) is 41.5 Å². The van der Waals surface area contributed by atoms with Crippen LogP contribution in [-0.4, -0.2) is 31.8 Å². The Morgan fingerprint density at radius 2 is 1.67 bits per heavy atom. The van der Waals surface area contributed by atoms with E-state index in [0.29, 0.717) is 13.0 Å². The van der Waals surface area contributed by atoms with Crippen molar-refractivity contribution in [3.05, 3.63) is 12.2 Å². The van der Waals surface area contributed by atoms with E-state index in [0.717, 1.165) is 0 Å². The molecule has 5 heteroatoms. The van der Waals surface area contributed by atoms with E-state index in [1.165, 1.54) is 12.7 Å². The summed E-state index contributed by atoms with van der Waals surface area (Å²) in [5, 5.41) is 2.54. The Bertz CT molecular complexity index is 228. The van der Waals surface area contributed by atoms with Gasteiger partial charge in [0.05, 0.1) is 7.11 Å². The monoisotopic (exact) mass is 261 g/mol. The summed E-state index contributed by atoms with van der Waals surface area (Å²) in [6.07, 6.45) is -0.352. The van der Waals surface area contributed by atoms with E-state index < -0.39 is 0 Å². The van der Waals surface area contributed by atoms with Gasteiger partial charge in [-0.25, -0.2) is 4.79 Å². The number of ether oxygens (including phenoxy) is 2. The van der Waals surface area contributed by atoms with Crippen molar-refractivity contribution in [1.29, 1.82) is 0 Å². The van der Waals surface area contributed by atoms with Crippen molar-refractivity contribution in [1.82, 2.24) is 5.32 Å². The van der Waals surface area contributed by atoms with Gasteiger partial charge < -0.3 is 14.8 Å². The van der Waals surface area contributed by atoms with Crippen LogP contribution in [0.15, 0.2) is 12.2 Å². The molecule has 5 nitrogen and oxygen atoms in total. The lowest BCUT2D eigenvalue weighted by Crippen LogP contribution is -2.32. The molecule has 0 fully saturated rings. The molecule has 0 saturated heterocycles. The first-order valence-electron chi connectivity index (χ1n) is 5.66. The van der Waals surface area contributed by atoms with Crippen molar-refractivity contribution in [3.8, 4) is 0 Å². The van der Waals surface area contributed by atoms with Crippen LogP contribution in [0.25, 0.3) is 0 Å². The lowest BCUT2D eigenvalue weighted by molar-refractivity contribution is -0.126. The van der Waals surface area contributed by atoms with Crippen molar-refractivity contribution in [2.45, 2.75) is 47.1 Å².